The smallest absolute Gasteiger partial charge is 0.269 e. The van der Waals surface area contributed by atoms with Crippen LogP contribution in [0.25, 0.3) is 0 Å². The summed E-state index contributed by atoms with van der Waals surface area (Å²) >= 11 is 1.07. The molecule has 2 rings (SSSR count). The first-order chi connectivity index (χ1) is 7.61. The first-order valence-corrected chi connectivity index (χ1v) is 6.22. The van der Waals surface area contributed by atoms with Crippen LogP contribution in [0.5, 0.6) is 0 Å². The lowest BCUT2D eigenvalue weighted by Crippen LogP contribution is -2.35. The fourth-order valence-corrected chi connectivity index (χ4v) is 3.11. The molecule has 0 bridgehead atoms. The summed E-state index contributed by atoms with van der Waals surface area (Å²) in [5.41, 5.74) is -0.442. The maximum atomic E-state index is 13.4. The Balaban J connectivity index is 2.31. The van der Waals surface area contributed by atoms with E-state index >= 15 is 0 Å². The Bertz CT molecular complexity index is 382. The van der Waals surface area contributed by atoms with E-state index in [-0.39, 0.29) is 11.4 Å². The van der Waals surface area contributed by atoms with Gasteiger partial charge in [0.05, 0.1) is 0 Å². The van der Waals surface area contributed by atoms with Gasteiger partial charge in [-0.3, -0.25) is 4.79 Å². The lowest BCUT2D eigenvalue weighted by atomic mass is 10.2. The molecule has 0 N–H and O–H groups in total. The number of halogens is 1. The quantitative estimate of drug-likeness (QED) is 0.790. The van der Waals surface area contributed by atoms with Crippen molar-refractivity contribution in [3.8, 4) is 0 Å². The number of thioether (sulfide) groups is 1. The lowest BCUT2D eigenvalue weighted by molar-refractivity contribution is -0.134. The second-order valence-corrected chi connectivity index (χ2v) is 5.19. The molecule has 1 fully saturated rings. The van der Waals surface area contributed by atoms with Crippen LogP contribution in [0.15, 0.2) is 30.3 Å². The molecule has 0 radical (unpaired) electrons. The van der Waals surface area contributed by atoms with Crippen molar-refractivity contribution in [3.05, 3.63) is 35.9 Å². The van der Waals surface area contributed by atoms with Gasteiger partial charge in [0.1, 0.15) is 5.37 Å². The van der Waals surface area contributed by atoms with Crippen molar-refractivity contribution < 1.29 is 9.18 Å². The first kappa shape index (κ1) is 11.5. The maximum Gasteiger partial charge on any atom is 0.269 e. The zero-order valence-corrected chi connectivity index (χ0v) is 10.1. The van der Waals surface area contributed by atoms with Crippen LogP contribution in [0, 0.1) is 0 Å². The van der Waals surface area contributed by atoms with Gasteiger partial charge in [0.2, 0.25) is 5.50 Å². The van der Waals surface area contributed by atoms with Crippen LogP contribution in [0.2, 0.25) is 0 Å². The fourth-order valence-electron chi connectivity index (χ4n) is 1.85. The van der Waals surface area contributed by atoms with Gasteiger partial charge in [-0.1, -0.05) is 42.1 Å². The number of nitrogens with zero attached hydrogens (tertiary/aromatic N) is 1. The van der Waals surface area contributed by atoms with Crippen molar-refractivity contribution in [3.63, 3.8) is 0 Å². The molecule has 1 aliphatic rings. The summed E-state index contributed by atoms with van der Waals surface area (Å²) in [6.45, 7) is 3.82. The summed E-state index contributed by atoms with van der Waals surface area (Å²) in [7, 11) is 0. The summed E-state index contributed by atoms with van der Waals surface area (Å²) in [6.07, 6.45) is 0. The fraction of sp³-hybridized carbons (Fsp3) is 0.417. The number of benzene rings is 1. The Morgan fingerprint density at radius 3 is 2.50 bits per heavy atom. The zero-order valence-electron chi connectivity index (χ0n) is 9.26. The van der Waals surface area contributed by atoms with Crippen molar-refractivity contribution in [2.24, 2.45) is 0 Å². The number of hydrogen-bond acceptors (Lipinski definition) is 2. The first-order valence-electron chi connectivity index (χ1n) is 5.28. The molecule has 16 heavy (non-hydrogen) atoms. The van der Waals surface area contributed by atoms with Crippen molar-refractivity contribution in [2.45, 2.75) is 30.8 Å². The normalized spacial score (nSPS) is 25.5. The molecule has 1 aromatic carbocycles. The van der Waals surface area contributed by atoms with E-state index in [1.807, 2.05) is 44.2 Å². The van der Waals surface area contributed by atoms with Crippen LogP contribution in [0.3, 0.4) is 0 Å². The van der Waals surface area contributed by atoms with Crippen LogP contribution in [-0.4, -0.2) is 22.4 Å². The molecule has 4 heteroatoms. The van der Waals surface area contributed by atoms with E-state index in [1.54, 1.807) is 4.90 Å². The Hall–Kier alpha value is -1.03. The highest BCUT2D eigenvalue weighted by atomic mass is 32.2. The number of amides is 1. The van der Waals surface area contributed by atoms with Crippen LogP contribution < -0.4 is 0 Å². The molecule has 0 aromatic heterocycles. The SMILES string of the molecule is CC(C)N1C(=O)[C@@H](F)S[C@H]1c1ccccc1. The van der Waals surface area contributed by atoms with Crippen molar-refractivity contribution in [1.82, 2.24) is 4.90 Å². The summed E-state index contributed by atoms with van der Waals surface area (Å²) < 4.78 is 13.4. The van der Waals surface area contributed by atoms with Gasteiger partial charge in [0.15, 0.2) is 0 Å². The third-order valence-electron chi connectivity index (χ3n) is 2.59. The molecule has 1 heterocycles. The minimum absolute atomic E-state index is 0.0194. The minimum Gasteiger partial charge on any atom is -0.321 e. The molecule has 1 amide bonds. The predicted octanol–water partition coefficient (Wildman–Crippen LogP) is 2.96. The van der Waals surface area contributed by atoms with Crippen molar-refractivity contribution >= 4 is 17.7 Å². The van der Waals surface area contributed by atoms with Crippen molar-refractivity contribution in [1.29, 1.82) is 0 Å². The summed E-state index contributed by atoms with van der Waals surface area (Å²) in [5, 5.41) is -0.191. The van der Waals surface area contributed by atoms with Gasteiger partial charge in [-0.15, -0.1) is 0 Å². The number of carbonyl (C=O) groups is 1. The Kier molecular flexibility index (Phi) is 3.19. The molecule has 1 aliphatic heterocycles. The second-order valence-electron chi connectivity index (χ2n) is 4.05. The molecule has 1 saturated heterocycles. The van der Waals surface area contributed by atoms with Gasteiger partial charge in [0, 0.05) is 6.04 Å². The van der Waals surface area contributed by atoms with E-state index in [0.717, 1.165) is 17.3 Å². The largest absolute Gasteiger partial charge is 0.321 e. The molecule has 2 atom stereocenters. The Morgan fingerprint density at radius 2 is 1.94 bits per heavy atom. The average Bonchev–Trinajstić information content (AvgIpc) is 2.57. The van der Waals surface area contributed by atoms with Crippen molar-refractivity contribution in [2.75, 3.05) is 0 Å². The monoisotopic (exact) mass is 239 g/mol. The third kappa shape index (κ3) is 1.94. The van der Waals surface area contributed by atoms with Crippen LogP contribution in [0.1, 0.15) is 24.8 Å². The van der Waals surface area contributed by atoms with Gasteiger partial charge < -0.3 is 4.90 Å². The number of hydrogen-bond donors (Lipinski definition) is 0. The van der Waals surface area contributed by atoms with E-state index in [0.29, 0.717) is 0 Å². The molecular formula is C12H14FNOS. The summed E-state index contributed by atoms with van der Waals surface area (Å²) in [6, 6.07) is 9.61. The highest BCUT2D eigenvalue weighted by molar-refractivity contribution is 8.01. The van der Waals surface area contributed by atoms with Gasteiger partial charge in [0.25, 0.3) is 5.91 Å². The average molecular weight is 239 g/mol. The van der Waals surface area contributed by atoms with E-state index in [9.17, 15) is 9.18 Å². The minimum atomic E-state index is -1.42. The van der Waals surface area contributed by atoms with Crippen LogP contribution >= 0.6 is 11.8 Å². The standard InChI is InChI=1S/C12H14FNOS/c1-8(2)14-11(15)10(13)16-12(14)9-6-4-3-5-7-9/h3-8,10,12H,1-2H3/t10-,12-/m0/s1. The predicted molar refractivity (Wildman–Crippen MR) is 63.7 cm³/mol. The number of rotatable bonds is 2. The van der Waals surface area contributed by atoms with Gasteiger partial charge in [-0.25, -0.2) is 4.39 Å². The topological polar surface area (TPSA) is 20.3 Å². The van der Waals surface area contributed by atoms with E-state index in [4.69, 9.17) is 0 Å². The highest BCUT2D eigenvalue weighted by Crippen LogP contribution is 2.44. The Morgan fingerprint density at radius 1 is 1.31 bits per heavy atom. The van der Waals surface area contributed by atoms with Gasteiger partial charge in [-0.2, -0.15) is 0 Å². The molecule has 0 spiro atoms. The molecule has 0 unspecified atom stereocenters. The summed E-state index contributed by atoms with van der Waals surface area (Å²) in [4.78, 5) is 13.3. The third-order valence-corrected chi connectivity index (χ3v) is 3.79. The van der Waals surface area contributed by atoms with E-state index in [2.05, 4.69) is 0 Å². The highest BCUT2D eigenvalue weighted by Gasteiger charge is 2.42. The molecule has 0 saturated carbocycles. The Labute approximate surface area is 98.8 Å². The lowest BCUT2D eigenvalue weighted by Gasteiger charge is -2.27. The molecule has 0 aliphatic carbocycles. The zero-order chi connectivity index (χ0) is 11.7. The van der Waals surface area contributed by atoms with E-state index in [1.165, 1.54) is 0 Å². The number of carbonyl (C=O) groups excluding carboxylic acids is 1. The van der Waals surface area contributed by atoms with Crippen LogP contribution in [-0.2, 0) is 4.79 Å². The molecule has 2 nitrogen and oxygen atoms in total. The molecule has 86 valence electrons. The van der Waals surface area contributed by atoms with Gasteiger partial charge >= 0.3 is 0 Å². The van der Waals surface area contributed by atoms with Gasteiger partial charge in [-0.05, 0) is 19.4 Å². The maximum absolute atomic E-state index is 13.4. The van der Waals surface area contributed by atoms with E-state index < -0.39 is 11.4 Å². The number of alkyl halides is 1. The molecule has 1 aromatic rings. The second kappa shape index (κ2) is 4.45. The summed E-state index contributed by atoms with van der Waals surface area (Å²) in [5.74, 6) is -0.408. The van der Waals surface area contributed by atoms with Crippen LogP contribution in [0.4, 0.5) is 4.39 Å². The molecular weight excluding hydrogens is 225 g/mol.